The first-order valence-corrected chi connectivity index (χ1v) is 8.47. The predicted molar refractivity (Wildman–Crippen MR) is 104 cm³/mol. The monoisotopic (exact) mass is 384 g/mol. The van der Waals surface area contributed by atoms with Crippen molar-refractivity contribution in [2.75, 3.05) is 17.7 Å². The van der Waals surface area contributed by atoms with E-state index < -0.39 is 5.91 Å². The molecule has 0 bridgehead atoms. The molecule has 1 aromatic heterocycles. The van der Waals surface area contributed by atoms with Crippen LogP contribution in [0.25, 0.3) is 11.3 Å². The molecule has 0 atom stereocenters. The van der Waals surface area contributed by atoms with E-state index >= 15 is 0 Å². The highest BCUT2D eigenvalue weighted by Crippen LogP contribution is 2.29. The van der Waals surface area contributed by atoms with Gasteiger partial charge >= 0.3 is 0 Å². The van der Waals surface area contributed by atoms with Gasteiger partial charge in [0.15, 0.2) is 5.76 Å². The van der Waals surface area contributed by atoms with E-state index in [1.165, 1.54) is 14.0 Å². The summed E-state index contributed by atoms with van der Waals surface area (Å²) in [7, 11) is 1.49. The minimum Gasteiger partial charge on any atom is -0.495 e. The van der Waals surface area contributed by atoms with E-state index in [0.29, 0.717) is 27.9 Å². The van der Waals surface area contributed by atoms with E-state index in [9.17, 15) is 9.59 Å². The van der Waals surface area contributed by atoms with Crippen molar-refractivity contribution >= 4 is 34.8 Å². The Morgan fingerprint density at radius 2 is 1.74 bits per heavy atom. The van der Waals surface area contributed by atoms with E-state index in [0.717, 1.165) is 5.56 Å². The molecule has 2 N–H and O–H groups in total. The lowest BCUT2D eigenvalue weighted by Gasteiger charge is -2.11. The Labute approximate surface area is 161 Å². The minimum absolute atomic E-state index is 0.145. The second-order valence-electron chi connectivity index (χ2n) is 5.72. The van der Waals surface area contributed by atoms with Crippen LogP contribution in [0.5, 0.6) is 5.75 Å². The number of nitrogens with one attached hydrogen (secondary N) is 2. The molecule has 1 heterocycles. The van der Waals surface area contributed by atoms with Crippen LogP contribution in [0.2, 0.25) is 5.02 Å². The lowest BCUT2D eigenvalue weighted by molar-refractivity contribution is -0.114. The smallest absolute Gasteiger partial charge is 0.291 e. The summed E-state index contributed by atoms with van der Waals surface area (Å²) in [6, 6.07) is 15.4. The molecule has 0 spiro atoms. The highest BCUT2D eigenvalue weighted by atomic mass is 35.5. The number of carbonyl (C=O) groups is 2. The van der Waals surface area contributed by atoms with Gasteiger partial charge in [0.2, 0.25) is 5.91 Å². The van der Waals surface area contributed by atoms with E-state index in [1.54, 1.807) is 42.5 Å². The summed E-state index contributed by atoms with van der Waals surface area (Å²) in [5.41, 5.74) is 1.77. The number of ether oxygens (including phenoxy) is 1. The van der Waals surface area contributed by atoms with Crippen LogP contribution >= 0.6 is 11.6 Å². The van der Waals surface area contributed by atoms with Gasteiger partial charge in [-0.3, -0.25) is 9.59 Å². The number of amides is 2. The summed E-state index contributed by atoms with van der Waals surface area (Å²) < 4.78 is 10.9. The van der Waals surface area contributed by atoms with Gasteiger partial charge < -0.3 is 19.8 Å². The number of methoxy groups -OCH3 is 1. The molecule has 0 saturated heterocycles. The molecule has 3 rings (SSSR count). The third-order valence-corrected chi connectivity index (χ3v) is 3.98. The van der Waals surface area contributed by atoms with E-state index in [1.807, 2.05) is 12.1 Å². The number of hydrogen-bond donors (Lipinski definition) is 2. The fourth-order valence-electron chi connectivity index (χ4n) is 2.50. The molecule has 3 aromatic rings. The van der Waals surface area contributed by atoms with Gasteiger partial charge in [-0.1, -0.05) is 11.6 Å². The zero-order valence-corrected chi connectivity index (χ0v) is 15.5. The lowest BCUT2D eigenvalue weighted by Crippen LogP contribution is -2.12. The van der Waals surface area contributed by atoms with Crippen LogP contribution in [-0.2, 0) is 4.79 Å². The first kappa shape index (κ1) is 18.5. The summed E-state index contributed by atoms with van der Waals surface area (Å²) in [6.45, 7) is 1.41. The molecule has 27 heavy (non-hydrogen) atoms. The van der Waals surface area contributed by atoms with Gasteiger partial charge in [0.1, 0.15) is 11.5 Å². The van der Waals surface area contributed by atoms with Gasteiger partial charge in [-0.05, 0) is 54.6 Å². The minimum atomic E-state index is -0.437. The zero-order valence-electron chi connectivity index (χ0n) is 14.7. The van der Waals surface area contributed by atoms with Crippen molar-refractivity contribution in [3.8, 4) is 17.1 Å². The number of anilines is 2. The maximum Gasteiger partial charge on any atom is 0.291 e. The summed E-state index contributed by atoms with van der Waals surface area (Å²) in [4.78, 5) is 23.8. The van der Waals surface area contributed by atoms with Crippen LogP contribution in [-0.4, -0.2) is 18.9 Å². The molecular weight excluding hydrogens is 368 g/mol. The molecular formula is C20H17ClN2O4. The van der Waals surface area contributed by atoms with Crippen molar-refractivity contribution in [1.82, 2.24) is 0 Å². The van der Waals surface area contributed by atoms with Crippen LogP contribution in [0.4, 0.5) is 11.4 Å². The van der Waals surface area contributed by atoms with Crippen molar-refractivity contribution in [2.45, 2.75) is 6.92 Å². The number of halogens is 1. The first-order valence-electron chi connectivity index (χ1n) is 8.09. The highest BCUT2D eigenvalue weighted by Gasteiger charge is 2.15. The normalized spacial score (nSPS) is 10.3. The molecule has 7 heteroatoms. The molecule has 0 saturated carbocycles. The van der Waals surface area contributed by atoms with Crippen molar-refractivity contribution in [3.05, 3.63) is 65.4 Å². The van der Waals surface area contributed by atoms with Crippen LogP contribution < -0.4 is 15.4 Å². The Morgan fingerprint density at radius 1 is 1.00 bits per heavy atom. The average molecular weight is 385 g/mol. The molecule has 0 aliphatic heterocycles. The summed E-state index contributed by atoms with van der Waals surface area (Å²) >= 11 is 5.89. The van der Waals surface area contributed by atoms with Gasteiger partial charge in [-0.2, -0.15) is 0 Å². The Morgan fingerprint density at radius 3 is 2.41 bits per heavy atom. The van der Waals surface area contributed by atoms with Crippen molar-refractivity contribution < 1.29 is 18.7 Å². The maximum atomic E-state index is 12.5. The third-order valence-electron chi connectivity index (χ3n) is 3.73. The molecule has 0 aliphatic carbocycles. The number of carbonyl (C=O) groups excluding carboxylic acids is 2. The fraction of sp³-hybridized carbons (Fsp3) is 0.100. The zero-order chi connectivity index (χ0) is 19.4. The Kier molecular flexibility index (Phi) is 5.47. The summed E-state index contributed by atoms with van der Waals surface area (Å²) in [5.74, 6) is 0.509. The number of rotatable bonds is 5. The third kappa shape index (κ3) is 4.48. The Bertz CT molecular complexity index is 980. The molecule has 0 aliphatic rings. The van der Waals surface area contributed by atoms with E-state index in [4.69, 9.17) is 20.8 Å². The second kappa shape index (κ2) is 7.97. The van der Waals surface area contributed by atoms with Gasteiger partial charge in [0.05, 0.1) is 12.8 Å². The molecule has 0 unspecified atom stereocenters. The van der Waals surface area contributed by atoms with Crippen LogP contribution in [0.15, 0.2) is 59.0 Å². The topological polar surface area (TPSA) is 80.6 Å². The average Bonchev–Trinajstić information content (AvgIpc) is 3.12. The van der Waals surface area contributed by atoms with Crippen LogP contribution in [0.1, 0.15) is 17.5 Å². The highest BCUT2D eigenvalue weighted by molar-refractivity contribution is 6.30. The summed E-state index contributed by atoms with van der Waals surface area (Å²) in [6.07, 6.45) is 0. The quantitative estimate of drug-likeness (QED) is 0.660. The van der Waals surface area contributed by atoms with Crippen LogP contribution in [0.3, 0.4) is 0 Å². The molecule has 2 amide bonds. The lowest BCUT2D eigenvalue weighted by atomic mass is 10.2. The summed E-state index contributed by atoms with van der Waals surface area (Å²) in [5, 5.41) is 6.01. The van der Waals surface area contributed by atoms with Crippen molar-refractivity contribution in [2.24, 2.45) is 0 Å². The van der Waals surface area contributed by atoms with Gasteiger partial charge in [0.25, 0.3) is 5.91 Å². The molecule has 0 fully saturated rings. The standard InChI is InChI=1S/C20H17ClN2O4/c1-12(24)22-15-7-8-18(26-2)16(11-15)23-20(25)19-10-9-17(27-19)13-3-5-14(21)6-4-13/h3-11H,1-2H3,(H,22,24)(H,23,25). The Balaban J connectivity index is 1.81. The van der Waals surface area contributed by atoms with Gasteiger partial charge in [-0.25, -0.2) is 0 Å². The fourth-order valence-corrected chi connectivity index (χ4v) is 2.63. The van der Waals surface area contributed by atoms with Crippen molar-refractivity contribution in [1.29, 1.82) is 0 Å². The molecule has 6 nitrogen and oxygen atoms in total. The Hall–Kier alpha value is -3.25. The van der Waals surface area contributed by atoms with Gasteiger partial charge in [-0.15, -0.1) is 0 Å². The number of furan rings is 1. The molecule has 0 radical (unpaired) electrons. The second-order valence-corrected chi connectivity index (χ2v) is 6.16. The predicted octanol–water partition coefficient (Wildman–Crippen LogP) is 4.82. The number of benzene rings is 2. The largest absolute Gasteiger partial charge is 0.495 e. The first-order chi connectivity index (χ1) is 13.0. The van der Waals surface area contributed by atoms with Crippen molar-refractivity contribution in [3.63, 3.8) is 0 Å². The molecule has 138 valence electrons. The van der Waals surface area contributed by atoms with Gasteiger partial charge in [0, 0.05) is 23.2 Å². The van der Waals surface area contributed by atoms with E-state index in [-0.39, 0.29) is 11.7 Å². The van der Waals surface area contributed by atoms with E-state index in [2.05, 4.69) is 10.6 Å². The molecule has 2 aromatic carbocycles. The number of hydrogen-bond acceptors (Lipinski definition) is 4. The van der Waals surface area contributed by atoms with Crippen LogP contribution in [0, 0.1) is 0 Å². The SMILES string of the molecule is COc1ccc(NC(C)=O)cc1NC(=O)c1ccc(-c2ccc(Cl)cc2)o1. The maximum absolute atomic E-state index is 12.5.